The number of hydrogen-bond acceptors (Lipinski definition) is 3. The van der Waals surface area contributed by atoms with Gasteiger partial charge in [-0.25, -0.2) is 0 Å². The first-order valence-electron chi connectivity index (χ1n) is 8.84. The van der Waals surface area contributed by atoms with E-state index in [1.54, 1.807) is 0 Å². The van der Waals surface area contributed by atoms with Crippen LogP contribution < -0.4 is 5.32 Å². The molecule has 1 aromatic rings. The predicted molar refractivity (Wildman–Crippen MR) is 91.1 cm³/mol. The highest BCUT2D eigenvalue weighted by molar-refractivity contribution is 5.77. The van der Waals surface area contributed by atoms with Crippen LogP contribution in [0.3, 0.4) is 0 Å². The number of benzene rings is 1. The Morgan fingerprint density at radius 2 is 2.09 bits per heavy atom. The van der Waals surface area contributed by atoms with Gasteiger partial charge in [-0.3, -0.25) is 9.69 Å². The lowest BCUT2D eigenvalue weighted by molar-refractivity contribution is -0.123. The van der Waals surface area contributed by atoms with Crippen LogP contribution >= 0.6 is 0 Å². The number of amides is 1. The number of β-amino-alcohol motifs (C(OH)–C–C–N with tert-alkyl or cyclic N) is 1. The van der Waals surface area contributed by atoms with E-state index in [0.29, 0.717) is 25.0 Å². The molecule has 23 heavy (non-hydrogen) atoms. The fourth-order valence-electron chi connectivity index (χ4n) is 4.52. The van der Waals surface area contributed by atoms with Crippen molar-refractivity contribution in [3.63, 3.8) is 0 Å². The van der Waals surface area contributed by atoms with Crippen LogP contribution in [0.1, 0.15) is 44.6 Å². The third-order valence-electron chi connectivity index (χ3n) is 5.49. The van der Waals surface area contributed by atoms with Gasteiger partial charge in [0, 0.05) is 25.0 Å². The normalized spacial score (nSPS) is 32.0. The maximum absolute atomic E-state index is 12.1. The number of aliphatic hydroxyl groups is 1. The smallest absolute Gasteiger partial charge is 0.220 e. The summed E-state index contributed by atoms with van der Waals surface area (Å²) in [5, 5.41) is 12.8. The molecule has 0 bridgehead atoms. The Hall–Kier alpha value is -1.39. The minimum atomic E-state index is -0.174. The van der Waals surface area contributed by atoms with Gasteiger partial charge in [0.25, 0.3) is 0 Å². The van der Waals surface area contributed by atoms with Gasteiger partial charge in [0.2, 0.25) is 5.91 Å². The molecule has 2 saturated heterocycles. The Balaban J connectivity index is 1.83. The van der Waals surface area contributed by atoms with Crippen LogP contribution in [0.5, 0.6) is 0 Å². The quantitative estimate of drug-likeness (QED) is 0.894. The first-order chi connectivity index (χ1) is 11.1. The molecule has 0 aromatic heterocycles. The van der Waals surface area contributed by atoms with Crippen molar-refractivity contribution < 1.29 is 9.90 Å². The number of hydrogen-bond donors (Lipinski definition) is 2. The van der Waals surface area contributed by atoms with Crippen molar-refractivity contribution >= 4 is 5.91 Å². The fraction of sp³-hybridized carbons (Fsp3) is 0.632. The Morgan fingerprint density at radius 1 is 1.30 bits per heavy atom. The average Bonchev–Trinajstić information content (AvgIpc) is 2.75. The van der Waals surface area contributed by atoms with Crippen molar-refractivity contribution in [1.29, 1.82) is 0 Å². The van der Waals surface area contributed by atoms with E-state index in [1.165, 1.54) is 5.56 Å². The predicted octanol–water partition coefficient (Wildman–Crippen LogP) is 2.11. The molecule has 2 aliphatic rings. The number of carbonyl (C=O) groups is 1. The number of carbonyl (C=O) groups excluding carboxylic acids is 1. The number of aliphatic hydroxyl groups excluding tert-OH is 1. The van der Waals surface area contributed by atoms with Gasteiger partial charge in [0.1, 0.15) is 0 Å². The molecule has 4 heteroatoms. The molecule has 1 aromatic carbocycles. The SMILES string of the molecule is C[C@]12C[C@@H](Cc3ccccc3)N(CCO)[C@H]1CCCCC(=O)N2. The maximum Gasteiger partial charge on any atom is 0.220 e. The summed E-state index contributed by atoms with van der Waals surface area (Å²) in [4.78, 5) is 14.6. The van der Waals surface area contributed by atoms with E-state index < -0.39 is 0 Å². The molecule has 126 valence electrons. The van der Waals surface area contributed by atoms with E-state index >= 15 is 0 Å². The number of nitrogens with zero attached hydrogens (tertiary/aromatic N) is 1. The lowest BCUT2D eigenvalue weighted by Gasteiger charge is -2.38. The minimum absolute atomic E-state index is 0.172. The molecular formula is C19H28N2O2. The highest BCUT2D eigenvalue weighted by atomic mass is 16.3. The van der Waals surface area contributed by atoms with Gasteiger partial charge in [-0.05, 0) is 38.2 Å². The average molecular weight is 316 g/mol. The largest absolute Gasteiger partial charge is 0.395 e. The van der Waals surface area contributed by atoms with Crippen LogP contribution in [0.2, 0.25) is 0 Å². The molecular weight excluding hydrogens is 288 g/mol. The van der Waals surface area contributed by atoms with Gasteiger partial charge in [-0.15, -0.1) is 0 Å². The van der Waals surface area contributed by atoms with Crippen LogP contribution in [-0.2, 0) is 11.2 Å². The van der Waals surface area contributed by atoms with E-state index in [-0.39, 0.29) is 18.1 Å². The summed E-state index contributed by atoms with van der Waals surface area (Å²) in [6, 6.07) is 11.2. The number of fused-ring (bicyclic) bond motifs is 1. The maximum atomic E-state index is 12.1. The molecule has 0 saturated carbocycles. The van der Waals surface area contributed by atoms with E-state index in [0.717, 1.165) is 32.1 Å². The van der Waals surface area contributed by atoms with E-state index in [4.69, 9.17) is 0 Å². The summed E-state index contributed by atoms with van der Waals surface area (Å²) >= 11 is 0. The number of likely N-dealkylation sites (tertiary alicyclic amines) is 1. The Kier molecular flexibility index (Phi) is 5.02. The summed E-state index contributed by atoms with van der Waals surface area (Å²) in [5.74, 6) is 0.182. The van der Waals surface area contributed by atoms with Crippen molar-refractivity contribution in [2.45, 2.75) is 63.1 Å². The van der Waals surface area contributed by atoms with Crippen LogP contribution in [0.4, 0.5) is 0 Å². The van der Waals surface area contributed by atoms with Crippen LogP contribution in [0.25, 0.3) is 0 Å². The van der Waals surface area contributed by atoms with E-state index in [2.05, 4.69) is 41.4 Å². The molecule has 3 rings (SSSR count). The molecule has 2 N–H and O–H groups in total. The van der Waals surface area contributed by atoms with Crippen LogP contribution in [0.15, 0.2) is 30.3 Å². The molecule has 2 fully saturated rings. The Bertz CT molecular complexity index is 533. The lowest BCUT2D eigenvalue weighted by atomic mass is 9.85. The molecule has 0 spiro atoms. The highest BCUT2D eigenvalue weighted by Crippen LogP contribution is 2.38. The molecule has 2 heterocycles. The van der Waals surface area contributed by atoms with Crippen molar-refractivity contribution in [2.24, 2.45) is 0 Å². The van der Waals surface area contributed by atoms with Crippen molar-refractivity contribution in [2.75, 3.05) is 13.2 Å². The summed E-state index contributed by atoms with van der Waals surface area (Å²) in [6.07, 6.45) is 5.73. The van der Waals surface area contributed by atoms with Crippen molar-refractivity contribution in [3.8, 4) is 0 Å². The van der Waals surface area contributed by atoms with Crippen LogP contribution in [-0.4, -0.2) is 46.7 Å². The molecule has 0 radical (unpaired) electrons. The van der Waals surface area contributed by atoms with Gasteiger partial charge < -0.3 is 10.4 Å². The Morgan fingerprint density at radius 3 is 2.83 bits per heavy atom. The lowest BCUT2D eigenvalue weighted by Crippen LogP contribution is -2.55. The van der Waals surface area contributed by atoms with Gasteiger partial charge >= 0.3 is 0 Å². The summed E-state index contributed by atoms with van der Waals surface area (Å²) in [6.45, 7) is 3.05. The Labute approximate surface area is 138 Å². The van der Waals surface area contributed by atoms with Gasteiger partial charge in [-0.2, -0.15) is 0 Å². The van der Waals surface area contributed by atoms with E-state index in [1.807, 2.05) is 6.07 Å². The zero-order valence-electron chi connectivity index (χ0n) is 14.0. The third-order valence-corrected chi connectivity index (χ3v) is 5.49. The monoisotopic (exact) mass is 316 g/mol. The number of rotatable bonds is 4. The molecule has 1 amide bonds. The molecule has 0 aliphatic carbocycles. The highest BCUT2D eigenvalue weighted by Gasteiger charge is 2.49. The van der Waals surface area contributed by atoms with Gasteiger partial charge in [0.05, 0.1) is 12.1 Å². The second kappa shape index (κ2) is 7.02. The number of nitrogens with one attached hydrogen (secondary N) is 1. The molecule has 3 atom stereocenters. The molecule has 0 unspecified atom stereocenters. The van der Waals surface area contributed by atoms with Gasteiger partial charge in [-0.1, -0.05) is 36.8 Å². The molecule has 4 nitrogen and oxygen atoms in total. The first-order valence-corrected chi connectivity index (χ1v) is 8.84. The van der Waals surface area contributed by atoms with Crippen molar-refractivity contribution in [3.05, 3.63) is 35.9 Å². The van der Waals surface area contributed by atoms with Crippen molar-refractivity contribution in [1.82, 2.24) is 10.2 Å². The third kappa shape index (κ3) is 3.59. The van der Waals surface area contributed by atoms with Gasteiger partial charge in [0.15, 0.2) is 0 Å². The zero-order chi connectivity index (χ0) is 16.3. The second-order valence-corrected chi connectivity index (χ2v) is 7.24. The summed E-state index contributed by atoms with van der Waals surface area (Å²) in [7, 11) is 0. The first kappa shape index (κ1) is 16.5. The van der Waals surface area contributed by atoms with Crippen LogP contribution in [0, 0.1) is 0 Å². The molecule has 2 aliphatic heterocycles. The minimum Gasteiger partial charge on any atom is -0.395 e. The topological polar surface area (TPSA) is 52.6 Å². The second-order valence-electron chi connectivity index (χ2n) is 7.24. The standard InChI is InChI=1S/C19H28N2O2/c1-19-14-16(13-15-7-3-2-4-8-15)21(11-12-22)17(19)9-5-6-10-18(23)20-19/h2-4,7-8,16-17,22H,5-6,9-14H2,1H3,(H,20,23)/t16-,17+,19+/m1/s1. The zero-order valence-corrected chi connectivity index (χ0v) is 14.0. The van der Waals surface area contributed by atoms with E-state index in [9.17, 15) is 9.90 Å². The summed E-state index contributed by atoms with van der Waals surface area (Å²) < 4.78 is 0. The fourth-order valence-corrected chi connectivity index (χ4v) is 4.52. The summed E-state index contributed by atoms with van der Waals surface area (Å²) in [5.41, 5.74) is 1.15.